The molecular weight excluding hydrogens is 391 g/mol. The summed E-state index contributed by atoms with van der Waals surface area (Å²) in [4.78, 5) is 25.5. The van der Waals surface area contributed by atoms with E-state index in [-0.39, 0.29) is 5.56 Å². The third-order valence-electron chi connectivity index (χ3n) is 4.71. The molecule has 2 rings (SSSR count). The number of halogens is 3. The van der Waals surface area contributed by atoms with Crippen molar-refractivity contribution in [3.8, 4) is 0 Å². The van der Waals surface area contributed by atoms with E-state index >= 15 is 0 Å². The van der Waals surface area contributed by atoms with Crippen molar-refractivity contribution >= 4 is 17.4 Å². The second-order valence-electron chi connectivity index (χ2n) is 8.21. The molecule has 6 nitrogen and oxygen atoms in total. The van der Waals surface area contributed by atoms with Crippen LogP contribution >= 0.6 is 0 Å². The maximum Gasteiger partial charge on any atom is 0.482 e. The fourth-order valence-corrected chi connectivity index (χ4v) is 3.01. The van der Waals surface area contributed by atoms with Gasteiger partial charge in [0.1, 0.15) is 11.0 Å². The van der Waals surface area contributed by atoms with Crippen molar-refractivity contribution in [2.24, 2.45) is 0 Å². The SMILES string of the molecule is CC(=O)[C@](C)(C(=O)OC(C)(C)C)c1cc(C2(C)OCCO2)ccc1NC(F)(F)F. The van der Waals surface area contributed by atoms with Gasteiger partial charge in [0.05, 0.1) is 13.2 Å². The molecule has 1 fully saturated rings. The van der Waals surface area contributed by atoms with E-state index < -0.39 is 40.5 Å². The van der Waals surface area contributed by atoms with Crippen LogP contribution in [0.3, 0.4) is 0 Å². The first kappa shape index (κ1) is 23.2. The standard InChI is InChI=1S/C20H26F3NO5/c1-12(25)18(5,16(26)29-17(2,3)4)14-11-13(19(6)27-9-10-28-19)7-8-15(14)24-20(21,22)23/h7-8,11,24H,9-10H2,1-6H3/t18-/m0/s1. The zero-order valence-corrected chi connectivity index (χ0v) is 17.3. The summed E-state index contributed by atoms with van der Waals surface area (Å²) < 4.78 is 55.8. The molecule has 29 heavy (non-hydrogen) atoms. The van der Waals surface area contributed by atoms with Crippen LogP contribution in [0.4, 0.5) is 18.9 Å². The number of carbonyl (C=O) groups excluding carboxylic acids is 2. The quantitative estimate of drug-likeness (QED) is 0.443. The average molecular weight is 417 g/mol. The molecule has 9 heteroatoms. The van der Waals surface area contributed by atoms with Gasteiger partial charge in [0, 0.05) is 16.8 Å². The van der Waals surface area contributed by atoms with E-state index in [2.05, 4.69) is 0 Å². The van der Waals surface area contributed by atoms with E-state index in [0.29, 0.717) is 18.8 Å². The van der Waals surface area contributed by atoms with Crippen molar-refractivity contribution in [2.75, 3.05) is 18.5 Å². The predicted molar refractivity (Wildman–Crippen MR) is 99.3 cm³/mol. The third kappa shape index (κ3) is 5.08. The molecule has 0 saturated carbocycles. The molecule has 1 aromatic rings. The number of hydrogen-bond acceptors (Lipinski definition) is 6. The molecule has 1 atom stereocenters. The Hall–Kier alpha value is -2.13. The van der Waals surface area contributed by atoms with Crippen LogP contribution in [-0.4, -0.2) is 36.9 Å². The number of anilines is 1. The smallest absolute Gasteiger partial charge is 0.459 e. The van der Waals surface area contributed by atoms with Gasteiger partial charge in [-0.15, -0.1) is 0 Å². The van der Waals surface area contributed by atoms with Crippen LogP contribution in [0.15, 0.2) is 18.2 Å². The van der Waals surface area contributed by atoms with Gasteiger partial charge in [0.25, 0.3) is 0 Å². The summed E-state index contributed by atoms with van der Waals surface area (Å²) in [7, 11) is 0. The molecule has 0 aliphatic carbocycles. The molecule has 162 valence electrons. The third-order valence-corrected chi connectivity index (χ3v) is 4.71. The molecule has 1 aromatic carbocycles. The number of nitrogens with one attached hydrogen (secondary N) is 1. The number of rotatable bonds is 5. The van der Waals surface area contributed by atoms with Crippen LogP contribution in [0.1, 0.15) is 52.7 Å². The molecule has 0 unspecified atom stereocenters. The van der Waals surface area contributed by atoms with Crippen LogP contribution in [0.2, 0.25) is 0 Å². The Labute approximate surface area is 167 Å². The van der Waals surface area contributed by atoms with Crippen LogP contribution < -0.4 is 5.32 Å². The zero-order chi connectivity index (χ0) is 22.3. The van der Waals surface area contributed by atoms with E-state index in [0.717, 1.165) is 13.0 Å². The lowest BCUT2D eigenvalue weighted by Gasteiger charge is -2.33. The van der Waals surface area contributed by atoms with Crippen molar-refractivity contribution in [3.05, 3.63) is 29.3 Å². The molecule has 0 amide bonds. The normalized spacial score (nSPS) is 18.8. The summed E-state index contributed by atoms with van der Waals surface area (Å²) in [5, 5.41) is 1.42. The van der Waals surface area contributed by atoms with Gasteiger partial charge in [0.2, 0.25) is 0 Å². The molecule has 1 aliphatic heterocycles. The van der Waals surface area contributed by atoms with E-state index in [9.17, 15) is 22.8 Å². The van der Waals surface area contributed by atoms with Crippen molar-refractivity contribution in [3.63, 3.8) is 0 Å². The van der Waals surface area contributed by atoms with Crippen molar-refractivity contribution in [1.82, 2.24) is 0 Å². The lowest BCUT2D eigenvalue weighted by molar-refractivity contribution is -0.163. The van der Waals surface area contributed by atoms with E-state index in [1.165, 1.54) is 24.4 Å². The Kier molecular flexibility index (Phi) is 6.07. The minimum Gasteiger partial charge on any atom is -0.459 e. The highest BCUT2D eigenvalue weighted by atomic mass is 19.4. The van der Waals surface area contributed by atoms with Gasteiger partial charge in [0.15, 0.2) is 11.6 Å². The topological polar surface area (TPSA) is 73.9 Å². The summed E-state index contributed by atoms with van der Waals surface area (Å²) in [6.07, 6.45) is -4.77. The summed E-state index contributed by atoms with van der Waals surface area (Å²) in [6, 6.07) is 3.88. The maximum atomic E-state index is 13.1. The zero-order valence-electron chi connectivity index (χ0n) is 17.3. The highest BCUT2D eigenvalue weighted by Gasteiger charge is 2.47. The fourth-order valence-electron chi connectivity index (χ4n) is 3.01. The summed E-state index contributed by atoms with van der Waals surface area (Å²) in [5.74, 6) is -2.80. The van der Waals surface area contributed by atoms with Crippen LogP contribution in [0.5, 0.6) is 0 Å². The molecule has 0 aromatic heterocycles. The van der Waals surface area contributed by atoms with Gasteiger partial charge in [-0.25, -0.2) is 0 Å². The number of Topliss-reactive ketones (excluding diaryl/α,β-unsaturated/α-hetero) is 1. The van der Waals surface area contributed by atoms with E-state index in [4.69, 9.17) is 14.2 Å². The molecule has 1 aliphatic rings. The Bertz CT molecular complexity index is 794. The summed E-state index contributed by atoms with van der Waals surface area (Å²) >= 11 is 0. The van der Waals surface area contributed by atoms with Gasteiger partial charge in [-0.1, -0.05) is 6.07 Å². The van der Waals surface area contributed by atoms with Crippen molar-refractivity contribution in [2.45, 2.75) is 64.6 Å². The second kappa shape index (κ2) is 7.60. The Morgan fingerprint density at radius 2 is 1.66 bits per heavy atom. The number of ketones is 1. The number of hydrogen-bond donors (Lipinski definition) is 1. The van der Waals surface area contributed by atoms with Gasteiger partial charge in [-0.3, -0.25) is 14.9 Å². The molecule has 1 heterocycles. The minimum absolute atomic E-state index is 0.172. The largest absolute Gasteiger partial charge is 0.482 e. The predicted octanol–water partition coefficient (Wildman–Crippen LogP) is 4.03. The van der Waals surface area contributed by atoms with Crippen LogP contribution in [-0.2, 0) is 35.0 Å². The van der Waals surface area contributed by atoms with Crippen LogP contribution in [0, 0.1) is 0 Å². The number of esters is 1. The molecule has 0 radical (unpaired) electrons. The lowest BCUT2D eigenvalue weighted by Crippen LogP contribution is -2.45. The first-order valence-electron chi connectivity index (χ1n) is 9.11. The summed E-state index contributed by atoms with van der Waals surface area (Å²) in [5.41, 5.74) is -3.13. The van der Waals surface area contributed by atoms with E-state index in [1.54, 1.807) is 27.7 Å². The lowest BCUT2D eigenvalue weighted by atomic mass is 9.77. The van der Waals surface area contributed by atoms with Gasteiger partial charge >= 0.3 is 12.3 Å². The minimum atomic E-state index is -4.77. The Morgan fingerprint density at radius 3 is 2.10 bits per heavy atom. The van der Waals surface area contributed by atoms with Crippen molar-refractivity contribution < 1.29 is 37.0 Å². The first-order chi connectivity index (χ1) is 13.1. The van der Waals surface area contributed by atoms with E-state index in [1.807, 2.05) is 0 Å². The van der Waals surface area contributed by atoms with Crippen LogP contribution in [0.25, 0.3) is 0 Å². The number of benzene rings is 1. The van der Waals surface area contributed by atoms with Gasteiger partial charge < -0.3 is 14.2 Å². The molecular formula is C20H26F3NO5. The Balaban J connectivity index is 2.68. The Morgan fingerprint density at radius 1 is 1.10 bits per heavy atom. The van der Waals surface area contributed by atoms with Gasteiger partial charge in [-0.2, -0.15) is 13.2 Å². The average Bonchev–Trinajstić information content (AvgIpc) is 2.99. The monoisotopic (exact) mass is 417 g/mol. The molecule has 1 saturated heterocycles. The summed E-state index contributed by atoms with van der Waals surface area (Å²) in [6.45, 7) is 9.46. The number of alkyl halides is 3. The molecule has 0 spiro atoms. The van der Waals surface area contributed by atoms with Crippen molar-refractivity contribution in [1.29, 1.82) is 0 Å². The fraction of sp³-hybridized carbons (Fsp3) is 0.600. The number of carbonyl (C=O) groups is 2. The highest BCUT2D eigenvalue weighted by Crippen LogP contribution is 2.40. The van der Waals surface area contributed by atoms with Gasteiger partial charge in [-0.05, 0) is 53.7 Å². The second-order valence-corrected chi connectivity index (χ2v) is 8.21. The first-order valence-corrected chi connectivity index (χ1v) is 9.11. The number of ether oxygens (including phenoxy) is 3. The molecule has 0 bridgehead atoms. The highest BCUT2D eigenvalue weighted by molar-refractivity contribution is 6.09. The maximum absolute atomic E-state index is 13.1. The molecule has 1 N–H and O–H groups in total.